The molecule has 45 heavy (non-hydrogen) atoms. The molecule has 0 aliphatic carbocycles. The average Bonchev–Trinajstić information content (AvgIpc) is 3.28. The highest BCUT2D eigenvalue weighted by Gasteiger charge is 2.25. The number of fused-ring (bicyclic) bond motifs is 1. The van der Waals surface area contributed by atoms with Crippen molar-refractivity contribution >= 4 is 40.1 Å². The van der Waals surface area contributed by atoms with Gasteiger partial charge in [0.25, 0.3) is 5.91 Å². The lowest BCUT2D eigenvalue weighted by atomic mass is 9.98. The van der Waals surface area contributed by atoms with Crippen LogP contribution in [0.25, 0.3) is 10.9 Å². The standard InChI is InChI=1S/C34H37N5O6/c1-22-19-27-28(20-26(22)34(43)44)37(2)33(42)30(27)31(23-7-5-4-6-8-23)36-25-11-9-24(10-12-25)32(41)39-16-14-38(15-17-39)21-29(40)35-13-18-45-3/h4-12,19-20,42H,13-18,21H2,1-3H3,(H,35,40)(H,43,44). The van der Waals surface area contributed by atoms with E-state index in [2.05, 4.69) is 5.32 Å². The zero-order valence-electron chi connectivity index (χ0n) is 25.6. The highest BCUT2D eigenvalue weighted by Crippen LogP contribution is 2.35. The summed E-state index contributed by atoms with van der Waals surface area (Å²) in [6.45, 7) is 5.20. The number of hydrogen-bond donors (Lipinski definition) is 3. The fraction of sp³-hybridized carbons (Fsp3) is 0.294. The third kappa shape index (κ3) is 6.89. The van der Waals surface area contributed by atoms with E-state index in [0.29, 0.717) is 78.3 Å². The molecule has 1 aliphatic rings. The third-order valence-corrected chi connectivity index (χ3v) is 8.04. The van der Waals surface area contributed by atoms with Crippen molar-refractivity contribution in [2.75, 3.05) is 53.0 Å². The maximum absolute atomic E-state index is 13.3. The van der Waals surface area contributed by atoms with E-state index in [9.17, 15) is 24.6 Å². The van der Waals surface area contributed by atoms with Crippen molar-refractivity contribution in [2.45, 2.75) is 6.92 Å². The number of carbonyl (C=O) groups is 3. The van der Waals surface area contributed by atoms with E-state index in [1.807, 2.05) is 35.2 Å². The minimum absolute atomic E-state index is 0.0343. The zero-order valence-corrected chi connectivity index (χ0v) is 25.6. The van der Waals surface area contributed by atoms with Crippen LogP contribution in [-0.2, 0) is 16.6 Å². The number of aryl methyl sites for hydroxylation is 2. The first-order valence-corrected chi connectivity index (χ1v) is 14.7. The van der Waals surface area contributed by atoms with Gasteiger partial charge in [0.05, 0.1) is 41.2 Å². The molecule has 0 unspecified atom stereocenters. The van der Waals surface area contributed by atoms with Crippen LogP contribution in [0.2, 0.25) is 0 Å². The Labute approximate surface area is 261 Å². The normalized spacial score (nSPS) is 14.1. The number of carboxylic acid groups (broad SMARTS) is 1. The fourth-order valence-electron chi connectivity index (χ4n) is 5.55. The zero-order chi connectivity index (χ0) is 32.1. The Morgan fingerprint density at radius 1 is 0.956 bits per heavy atom. The van der Waals surface area contributed by atoms with Gasteiger partial charge < -0.3 is 29.7 Å². The predicted molar refractivity (Wildman–Crippen MR) is 172 cm³/mol. The number of rotatable bonds is 10. The first-order valence-electron chi connectivity index (χ1n) is 14.7. The summed E-state index contributed by atoms with van der Waals surface area (Å²) in [6, 6.07) is 19.8. The molecule has 0 spiro atoms. The Balaban J connectivity index is 1.38. The lowest BCUT2D eigenvalue weighted by Gasteiger charge is -2.34. The molecule has 2 heterocycles. The Bertz CT molecular complexity index is 1740. The topological polar surface area (TPSA) is 137 Å². The average molecular weight is 612 g/mol. The smallest absolute Gasteiger partial charge is 0.336 e. The molecular formula is C34H37N5O6. The number of aromatic carboxylic acids is 1. The van der Waals surface area contributed by atoms with Crippen molar-refractivity contribution in [3.8, 4) is 5.88 Å². The Morgan fingerprint density at radius 2 is 1.64 bits per heavy atom. The van der Waals surface area contributed by atoms with Gasteiger partial charge in [0.2, 0.25) is 11.8 Å². The Kier molecular flexibility index (Phi) is 9.60. The number of carbonyl (C=O) groups excluding carboxylic acids is 2. The molecular weight excluding hydrogens is 574 g/mol. The molecule has 3 N–H and O–H groups in total. The lowest BCUT2D eigenvalue weighted by molar-refractivity contribution is -0.122. The maximum atomic E-state index is 13.3. The molecule has 234 valence electrons. The van der Waals surface area contributed by atoms with E-state index in [4.69, 9.17) is 9.73 Å². The fourth-order valence-corrected chi connectivity index (χ4v) is 5.55. The molecule has 0 saturated carbocycles. The van der Waals surface area contributed by atoms with Gasteiger partial charge in [-0.25, -0.2) is 9.79 Å². The highest BCUT2D eigenvalue weighted by molar-refractivity contribution is 6.22. The first-order chi connectivity index (χ1) is 21.7. The van der Waals surface area contributed by atoms with E-state index in [-0.39, 0.29) is 29.8 Å². The SMILES string of the molecule is COCCNC(=O)CN1CCN(C(=O)c2ccc(N=C(c3ccccc3)c3c(O)n(C)c4cc(C(=O)O)c(C)cc34)cc2)CC1. The third-order valence-electron chi connectivity index (χ3n) is 8.04. The molecule has 11 nitrogen and oxygen atoms in total. The quantitative estimate of drug-likeness (QED) is 0.184. The lowest BCUT2D eigenvalue weighted by Crippen LogP contribution is -2.51. The van der Waals surface area contributed by atoms with Crippen LogP contribution in [0.3, 0.4) is 0 Å². The van der Waals surface area contributed by atoms with Crippen LogP contribution < -0.4 is 5.32 Å². The second kappa shape index (κ2) is 13.7. The van der Waals surface area contributed by atoms with Gasteiger partial charge in [-0.3, -0.25) is 14.5 Å². The van der Waals surface area contributed by atoms with E-state index in [1.165, 1.54) is 0 Å². The molecule has 3 aromatic carbocycles. The summed E-state index contributed by atoms with van der Waals surface area (Å²) in [7, 11) is 3.27. The van der Waals surface area contributed by atoms with Gasteiger partial charge in [0.1, 0.15) is 0 Å². The van der Waals surface area contributed by atoms with Crippen LogP contribution in [0.15, 0.2) is 71.7 Å². The number of carboxylic acids is 1. The van der Waals surface area contributed by atoms with Crippen molar-refractivity contribution in [1.29, 1.82) is 0 Å². The molecule has 0 radical (unpaired) electrons. The van der Waals surface area contributed by atoms with Gasteiger partial charge in [-0.1, -0.05) is 30.3 Å². The maximum Gasteiger partial charge on any atom is 0.336 e. The Hall–Kier alpha value is -5.00. The van der Waals surface area contributed by atoms with Crippen LogP contribution in [0.5, 0.6) is 5.88 Å². The monoisotopic (exact) mass is 611 g/mol. The molecule has 2 amide bonds. The molecule has 11 heteroatoms. The number of hydrogen-bond acceptors (Lipinski definition) is 7. The van der Waals surface area contributed by atoms with Crippen LogP contribution in [0.1, 0.15) is 37.4 Å². The number of benzene rings is 3. The molecule has 0 atom stereocenters. The highest BCUT2D eigenvalue weighted by atomic mass is 16.5. The van der Waals surface area contributed by atoms with Crippen LogP contribution >= 0.6 is 0 Å². The van der Waals surface area contributed by atoms with Gasteiger partial charge in [-0.15, -0.1) is 0 Å². The summed E-state index contributed by atoms with van der Waals surface area (Å²) in [5.74, 6) is -1.22. The second-order valence-corrected chi connectivity index (χ2v) is 11.0. The van der Waals surface area contributed by atoms with Gasteiger partial charge >= 0.3 is 5.97 Å². The molecule has 1 fully saturated rings. The van der Waals surface area contributed by atoms with Gasteiger partial charge in [0, 0.05) is 63.4 Å². The molecule has 1 aromatic heterocycles. The molecule has 1 aliphatic heterocycles. The number of piperazine rings is 1. The molecule has 1 saturated heterocycles. The summed E-state index contributed by atoms with van der Waals surface area (Å²) < 4.78 is 6.52. The van der Waals surface area contributed by atoms with Crippen molar-refractivity contribution in [3.63, 3.8) is 0 Å². The van der Waals surface area contributed by atoms with Crippen molar-refractivity contribution < 1.29 is 29.3 Å². The number of aromatic nitrogens is 1. The van der Waals surface area contributed by atoms with E-state index in [0.717, 1.165) is 5.56 Å². The van der Waals surface area contributed by atoms with Gasteiger partial charge in [0.15, 0.2) is 0 Å². The number of nitrogens with one attached hydrogen (secondary N) is 1. The number of nitrogens with zero attached hydrogens (tertiary/aromatic N) is 4. The van der Waals surface area contributed by atoms with Gasteiger partial charge in [-0.05, 0) is 48.9 Å². The summed E-state index contributed by atoms with van der Waals surface area (Å²) in [4.78, 5) is 45.9. The van der Waals surface area contributed by atoms with Crippen molar-refractivity contribution in [3.05, 3.63) is 94.5 Å². The van der Waals surface area contributed by atoms with Gasteiger partial charge in [-0.2, -0.15) is 0 Å². The molecule has 0 bridgehead atoms. The number of amides is 2. The van der Waals surface area contributed by atoms with E-state index >= 15 is 0 Å². The van der Waals surface area contributed by atoms with E-state index in [1.54, 1.807) is 66.9 Å². The van der Waals surface area contributed by atoms with Crippen LogP contribution in [-0.4, -0.2) is 101 Å². The summed E-state index contributed by atoms with van der Waals surface area (Å²) in [5.41, 5.74) is 4.20. The Morgan fingerprint density at radius 3 is 2.29 bits per heavy atom. The first kappa shape index (κ1) is 31.4. The summed E-state index contributed by atoms with van der Waals surface area (Å²) in [6.07, 6.45) is 0. The number of aliphatic imine (C=N–C) groups is 1. The number of ether oxygens (including phenoxy) is 1. The second-order valence-electron chi connectivity index (χ2n) is 11.0. The van der Waals surface area contributed by atoms with Crippen molar-refractivity contribution in [1.82, 2.24) is 19.7 Å². The number of methoxy groups -OCH3 is 1. The van der Waals surface area contributed by atoms with Crippen molar-refractivity contribution in [2.24, 2.45) is 12.0 Å². The summed E-state index contributed by atoms with van der Waals surface area (Å²) in [5, 5.41) is 24.4. The largest absolute Gasteiger partial charge is 0.494 e. The van der Waals surface area contributed by atoms with Crippen LogP contribution in [0, 0.1) is 6.92 Å². The molecule has 4 aromatic rings. The van der Waals surface area contributed by atoms with Crippen LogP contribution in [0.4, 0.5) is 5.69 Å². The van der Waals surface area contributed by atoms with E-state index < -0.39 is 5.97 Å². The minimum Gasteiger partial charge on any atom is -0.494 e. The minimum atomic E-state index is -1.04. The molecule has 5 rings (SSSR count). The predicted octanol–water partition coefficient (Wildman–Crippen LogP) is 3.58. The number of aromatic hydroxyl groups is 1. The summed E-state index contributed by atoms with van der Waals surface area (Å²) >= 11 is 0.